The molecule has 1 saturated carbocycles. The molecule has 34 heavy (non-hydrogen) atoms. The van der Waals surface area contributed by atoms with Crippen LogP contribution in [0.1, 0.15) is 46.1 Å². The SMILES string of the molecule is Cc1cc(OCc2c(C3CC3)nnn2-c2c(Cl)cccc2Cl)ccc1-c1ccc(C(=O)O)cc1. The van der Waals surface area contributed by atoms with Gasteiger partial charge in [-0.2, -0.15) is 0 Å². The quantitative estimate of drug-likeness (QED) is 0.309. The summed E-state index contributed by atoms with van der Waals surface area (Å²) in [5.74, 6) is 0.152. The van der Waals surface area contributed by atoms with Gasteiger partial charge in [0, 0.05) is 5.92 Å². The Kier molecular flexibility index (Phi) is 6.02. The van der Waals surface area contributed by atoms with Crippen molar-refractivity contribution in [3.8, 4) is 22.6 Å². The Labute approximate surface area is 206 Å². The second kappa shape index (κ2) is 9.12. The standard InChI is InChI=1S/C26H21Cl2N3O3/c1-15-13-19(11-12-20(15)16-5-9-18(10-6-16)26(32)33)34-14-23-24(17-7-8-17)29-30-31(23)25-21(27)3-2-4-22(25)28/h2-6,9-13,17H,7-8,14H2,1H3,(H,32,33). The Hall–Kier alpha value is -3.35. The van der Waals surface area contributed by atoms with Crippen molar-refractivity contribution in [2.45, 2.75) is 32.3 Å². The number of hydrogen-bond donors (Lipinski definition) is 1. The minimum Gasteiger partial charge on any atom is -0.487 e. The van der Waals surface area contributed by atoms with Crippen molar-refractivity contribution in [1.29, 1.82) is 0 Å². The van der Waals surface area contributed by atoms with Crippen LogP contribution in [-0.2, 0) is 6.61 Å². The van der Waals surface area contributed by atoms with E-state index in [2.05, 4.69) is 10.3 Å². The van der Waals surface area contributed by atoms with Gasteiger partial charge < -0.3 is 9.84 Å². The van der Waals surface area contributed by atoms with Gasteiger partial charge in [-0.1, -0.05) is 52.7 Å². The summed E-state index contributed by atoms with van der Waals surface area (Å²) in [5, 5.41) is 18.9. The van der Waals surface area contributed by atoms with Gasteiger partial charge in [0.25, 0.3) is 0 Å². The molecular weight excluding hydrogens is 473 g/mol. The van der Waals surface area contributed by atoms with Crippen molar-refractivity contribution >= 4 is 29.2 Å². The van der Waals surface area contributed by atoms with Crippen LogP contribution >= 0.6 is 23.2 Å². The Morgan fingerprint density at radius 3 is 2.41 bits per heavy atom. The number of carboxylic acid groups (broad SMARTS) is 1. The Balaban J connectivity index is 1.41. The Morgan fingerprint density at radius 1 is 1.09 bits per heavy atom. The second-order valence-corrected chi connectivity index (χ2v) is 9.14. The fourth-order valence-electron chi connectivity index (χ4n) is 3.99. The first-order valence-corrected chi connectivity index (χ1v) is 11.6. The molecule has 0 saturated heterocycles. The largest absolute Gasteiger partial charge is 0.487 e. The highest BCUT2D eigenvalue weighted by Crippen LogP contribution is 2.42. The van der Waals surface area contributed by atoms with Crippen LogP contribution in [0, 0.1) is 6.92 Å². The van der Waals surface area contributed by atoms with Gasteiger partial charge in [0.2, 0.25) is 0 Å². The third-order valence-corrected chi connectivity index (χ3v) is 6.53. The molecule has 0 spiro atoms. The lowest BCUT2D eigenvalue weighted by Crippen LogP contribution is -2.08. The minimum absolute atomic E-state index is 0.261. The van der Waals surface area contributed by atoms with Gasteiger partial charge >= 0.3 is 5.97 Å². The zero-order valence-corrected chi connectivity index (χ0v) is 19.8. The smallest absolute Gasteiger partial charge is 0.335 e. The molecule has 0 radical (unpaired) electrons. The normalized spacial score (nSPS) is 13.1. The number of hydrogen-bond acceptors (Lipinski definition) is 4. The molecule has 1 aliphatic carbocycles. The van der Waals surface area contributed by atoms with Crippen LogP contribution in [0.5, 0.6) is 5.75 Å². The third-order valence-electron chi connectivity index (χ3n) is 5.92. The molecule has 4 aromatic rings. The number of ether oxygens (including phenoxy) is 1. The lowest BCUT2D eigenvalue weighted by molar-refractivity contribution is 0.0697. The first-order chi connectivity index (χ1) is 16.4. The average Bonchev–Trinajstić information content (AvgIpc) is 3.58. The number of halogens is 2. The molecule has 0 atom stereocenters. The summed E-state index contributed by atoms with van der Waals surface area (Å²) >= 11 is 12.9. The van der Waals surface area contributed by atoms with E-state index in [4.69, 9.17) is 33.0 Å². The van der Waals surface area contributed by atoms with Gasteiger partial charge in [0.05, 0.1) is 21.3 Å². The molecule has 1 fully saturated rings. The fourth-order valence-corrected chi connectivity index (χ4v) is 4.54. The van der Waals surface area contributed by atoms with E-state index < -0.39 is 5.97 Å². The second-order valence-electron chi connectivity index (χ2n) is 8.33. The summed E-state index contributed by atoms with van der Waals surface area (Å²) in [6, 6.07) is 18.0. The van der Waals surface area contributed by atoms with E-state index in [0.29, 0.717) is 27.4 Å². The first kappa shape index (κ1) is 22.4. The van der Waals surface area contributed by atoms with Crippen molar-refractivity contribution < 1.29 is 14.6 Å². The number of aromatic carboxylic acids is 1. The number of carbonyl (C=O) groups is 1. The van der Waals surface area contributed by atoms with Crippen molar-refractivity contribution in [1.82, 2.24) is 15.0 Å². The van der Waals surface area contributed by atoms with E-state index in [9.17, 15) is 4.79 Å². The van der Waals surface area contributed by atoms with Gasteiger partial charge in [-0.25, -0.2) is 9.48 Å². The highest BCUT2D eigenvalue weighted by atomic mass is 35.5. The lowest BCUT2D eigenvalue weighted by atomic mass is 9.99. The summed E-state index contributed by atoms with van der Waals surface area (Å²) in [6.45, 7) is 2.27. The van der Waals surface area contributed by atoms with Crippen molar-refractivity contribution in [2.24, 2.45) is 0 Å². The lowest BCUT2D eigenvalue weighted by Gasteiger charge is -2.14. The number of nitrogens with zero attached hydrogens (tertiary/aromatic N) is 3. The molecule has 1 heterocycles. The molecule has 0 unspecified atom stereocenters. The van der Waals surface area contributed by atoms with E-state index in [1.165, 1.54) is 0 Å². The van der Waals surface area contributed by atoms with Crippen LogP contribution in [0.4, 0.5) is 0 Å². The number of para-hydroxylation sites is 1. The molecule has 1 aliphatic rings. The number of rotatable bonds is 7. The number of aryl methyl sites for hydroxylation is 1. The maximum atomic E-state index is 11.1. The molecule has 172 valence electrons. The molecule has 6 nitrogen and oxygen atoms in total. The van der Waals surface area contributed by atoms with Gasteiger partial charge in [-0.3, -0.25) is 0 Å². The van der Waals surface area contributed by atoms with Gasteiger partial charge in [0.15, 0.2) is 0 Å². The number of carboxylic acids is 1. The van der Waals surface area contributed by atoms with E-state index in [-0.39, 0.29) is 12.2 Å². The van der Waals surface area contributed by atoms with E-state index in [0.717, 1.165) is 40.9 Å². The zero-order valence-electron chi connectivity index (χ0n) is 18.3. The molecule has 5 rings (SSSR count). The molecule has 1 N–H and O–H groups in total. The molecule has 0 bridgehead atoms. The van der Waals surface area contributed by atoms with Crippen LogP contribution in [0.2, 0.25) is 10.0 Å². The maximum absolute atomic E-state index is 11.1. The average molecular weight is 494 g/mol. The monoisotopic (exact) mass is 493 g/mol. The van der Waals surface area contributed by atoms with E-state index >= 15 is 0 Å². The highest BCUT2D eigenvalue weighted by molar-refractivity contribution is 6.37. The number of aromatic nitrogens is 3. The van der Waals surface area contributed by atoms with Crippen molar-refractivity contribution in [3.05, 3.63) is 93.2 Å². The molecule has 0 amide bonds. The summed E-state index contributed by atoms with van der Waals surface area (Å²) in [4.78, 5) is 11.1. The Bertz CT molecular complexity index is 1360. The van der Waals surface area contributed by atoms with Gasteiger partial charge in [-0.05, 0) is 72.9 Å². The van der Waals surface area contributed by atoms with Gasteiger partial charge in [-0.15, -0.1) is 5.10 Å². The minimum atomic E-state index is -0.940. The summed E-state index contributed by atoms with van der Waals surface area (Å²) in [6.07, 6.45) is 2.16. The Morgan fingerprint density at radius 2 is 1.79 bits per heavy atom. The predicted molar refractivity (Wildman–Crippen MR) is 131 cm³/mol. The molecule has 1 aromatic heterocycles. The van der Waals surface area contributed by atoms with Crippen LogP contribution < -0.4 is 4.74 Å². The molecule has 0 aliphatic heterocycles. The molecule has 3 aromatic carbocycles. The van der Waals surface area contributed by atoms with Crippen LogP contribution in [0.3, 0.4) is 0 Å². The highest BCUT2D eigenvalue weighted by Gasteiger charge is 2.32. The van der Waals surface area contributed by atoms with E-state index in [1.54, 1.807) is 35.0 Å². The number of benzene rings is 3. The summed E-state index contributed by atoms with van der Waals surface area (Å²) < 4.78 is 7.85. The van der Waals surface area contributed by atoms with Crippen LogP contribution in [-0.4, -0.2) is 26.1 Å². The first-order valence-electron chi connectivity index (χ1n) is 10.9. The third kappa shape index (κ3) is 4.39. The zero-order chi connectivity index (χ0) is 23.8. The maximum Gasteiger partial charge on any atom is 0.335 e. The van der Waals surface area contributed by atoms with Gasteiger partial charge in [0.1, 0.15) is 23.7 Å². The van der Waals surface area contributed by atoms with Crippen molar-refractivity contribution in [2.75, 3.05) is 0 Å². The van der Waals surface area contributed by atoms with E-state index in [1.807, 2.05) is 37.3 Å². The van der Waals surface area contributed by atoms with Crippen molar-refractivity contribution in [3.63, 3.8) is 0 Å². The van der Waals surface area contributed by atoms with Crippen LogP contribution in [0.25, 0.3) is 16.8 Å². The molecule has 8 heteroatoms. The van der Waals surface area contributed by atoms with Crippen LogP contribution in [0.15, 0.2) is 60.7 Å². The predicted octanol–water partition coefficient (Wildman–Crippen LogP) is 6.70. The summed E-state index contributed by atoms with van der Waals surface area (Å²) in [5.41, 5.74) is 5.59. The topological polar surface area (TPSA) is 77.2 Å². The fraction of sp³-hybridized carbons (Fsp3) is 0.192. The molecular formula is C26H21Cl2N3O3. The summed E-state index contributed by atoms with van der Waals surface area (Å²) in [7, 11) is 0.